The molecule has 0 bridgehead atoms. The lowest BCUT2D eigenvalue weighted by atomic mass is 9.92. The molecule has 4 heteroatoms. The predicted octanol–water partition coefficient (Wildman–Crippen LogP) is 0.837. The van der Waals surface area contributed by atoms with Gasteiger partial charge in [-0.3, -0.25) is 4.79 Å². The van der Waals surface area contributed by atoms with E-state index in [2.05, 4.69) is 17.6 Å². The molecule has 2 aliphatic rings. The van der Waals surface area contributed by atoms with E-state index >= 15 is 0 Å². The van der Waals surface area contributed by atoms with Gasteiger partial charge in [0.2, 0.25) is 5.91 Å². The van der Waals surface area contributed by atoms with Gasteiger partial charge in [-0.1, -0.05) is 0 Å². The van der Waals surface area contributed by atoms with Crippen LogP contribution < -0.4 is 10.6 Å². The fourth-order valence-corrected chi connectivity index (χ4v) is 2.32. The van der Waals surface area contributed by atoms with Gasteiger partial charge in [-0.15, -0.1) is 0 Å². The average molecular weight is 238 g/mol. The lowest BCUT2D eigenvalue weighted by molar-refractivity contribution is -0.118. The molecule has 0 aromatic rings. The summed E-state index contributed by atoms with van der Waals surface area (Å²) in [5.74, 6) is 0.658. The molecule has 0 aliphatic carbocycles. The molecule has 0 aromatic carbocycles. The normalized spacial score (nSPS) is 22.8. The maximum atomic E-state index is 12.0. The van der Waals surface area contributed by atoms with Crippen LogP contribution in [-0.4, -0.2) is 38.3 Å². The maximum absolute atomic E-state index is 12.0. The minimum atomic E-state index is 0.0977. The third-order valence-corrected chi connectivity index (χ3v) is 3.88. The quantitative estimate of drug-likeness (QED) is 0.716. The van der Waals surface area contributed by atoms with Crippen molar-refractivity contribution in [3.8, 4) is 0 Å². The third-order valence-electron chi connectivity index (χ3n) is 3.88. The van der Waals surface area contributed by atoms with Gasteiger partial charge in [-0.2, -0.15) is 0 Å². The van der Waals surface area contributed by atoms with Crippen LogP contribution in [-0.2, 0) is 9.53 Å². The number of amides is 1. The molecule has 4 nitrogen and oxygen atoms in total. The molecule has 2 aliphatic heterocycles. The molecule has 2 saturated heterocycles. The number of hydrogen-bond acceptors (Lipinski definition) is 3. The molecular formula is C13H22N2O2. The van der Waals surface area contributed by atoms with E-state index in [1.807, 2.05) is 6.92 Å². The number of ether oxygens (including phenoxy) is 1. The minimum Gasteiger partial charge on any atom is -0.381 e. The first kappa shape index (κ1) is 12.6. The smallest absolute Gasteiger partial charge is 0.247 e. The van der Waals surface area contributed by atoms with Gasteiger partial charge in [0.1, 0.15) is 0 Å². The summed E-state index contributed by atoms with van der Waals surface area (Å²) in [6.07, 6.45) is 2.11. The van der Waals surface area contributed by atoms with Crippen LogP contribution in [0.1, 0.15) is 26.7 Å². The molecule has 2 rings (SSSR count). The van der Waals surface area contributed by atoms with E-state index in [9.17, 15) is 4.79 Å². The van der Waals surface area contributed by atoms with E-state index in [1.165, 1.54) is 5.57 Å². The second-order valence-corrected chi connectivity index (χ2v) is 5.04. The zero-order chi connectivity index (χ0) is 12.3. The first-order valence-corrected chi connectivity index (χ1v) is 6.46. The zero-order valence-electron chi connectivity index (χ0n) is 10.7. The highest BCUT2D eigenvalue weighted by Crippen LogP contribution is 2.19. The molecule has 1 atom stereocenters. The summed E-state index contributed by atoms with van der Waals surface area (Å²) in [4.78, 5) is 12.0. The number of carbonyl (C=O) groups is 1. The van der Waals surface area contributed by atoms with E-state index in [1.54, 1.807) is 0 Å². The summed E-state index contributed by atoms with van der Waals surface area (Å²) >= 11 is 0. The molecule has 2 heterocycles. The molecule has 0 saturated carbocycles. The fraction of sp³-hybridized carbons (Fsp3) is 0.769. The standard InChI is InChI=1S/C13H22N2O2/c1-9(12-7-14-8-12)13(16)15-10(2)11-3-5-17-6-4-11/h10-11,14H,3-8H2,1-2H3,(H,15,16). The van der Waals surface area contributed by atoms with Gasteiger partial charge < -0.3 is 15.4 Å². The van der Waals surface area contributed by atoms with Crippen LogP contribution in [0.4, 0.5) is 0 Å². The van der Waals surface area contributed by atoms with Crippen LogP contribution in [0.5, 0.6) is 0 Å². The maximum Gasteiger partial charge on any atom is 0.247 e. The van der Waals surface area contributed by atoms with Gasteiger partial charge in [0.25, 0.3) is 0 Å². The predicted molar refractivity (Wildman–Crippen MR) is 66.7 cm³/mol. The summed E-state index contributed by atoms with van der Waals surface area (Å²) in [7, 11) is 0. The molecule has 1 unspecified atom stereocenters. The lowest BCUT2D eigenvalue weighted by Crippen LogP contribution is -2.43. The number of hydrogen-bond donors (Lipinski definition) is 2. The average Bonchev–Trinajstić information content (AvgIpc) is 2.27. The third kappa shape index (κ3) is 3.07. The van der Waals surface area contributed by atoms with E-state index in [0.717, 1.165) is 44.7 Å². The molecule has 0 spiro atoms. The Hall–Kier alpha value is -0.870. The largest absolute Gasteiger partial charge is 0.381 e. The molecule has 2 N–H and O–H groups in total. The van der Waals surface area contributed by atoms with Gasteiger partial charge in [0.05, 0.1) is 0 Å². The van der Waals surface area contributed by atoms with Crippen molar-refractivity contribution in [3.05, 3.63) is 11.1 Å². The summed E-state index contributed by atoms with van der Waals surface area (Å²) in [6, 6.07) is 0.245. The molecule has 0 aromatic heterocycles. The van der Waals surface area contributed by atoms with Crippen molar-refractivity contribution in [1.82, 2.24) is 10.6 Å². The highest BCUT2D eigenvalue weighted by Gasteiger charge is 2.23. The van der Waals surface area contributed by atoms with E-state index in [-0.39, 0.29) is 11.9 Å². The molecule has 2 fully saturated rings. The van der Waals surface area contributed by atoms with Crippen molar-refractivity contribution in [1.29, 1.82) is 0 Å². The van der Waals surface area contributed by atoms with Crippen molar-refractivity contribution in [2.24, 2.45) is 5.92 Å². The number of carbonyl (C=O) groups excluding carboxylic acids is 1. The van der Waals surface area contributed by atoms with Crippen molar-refractivity contribution in [3.63, 3.8) is 0 Å². The minimum absolute atomic E-state index is 0.0977. The van der Waals surface area contributed by atoms with Crippen LogP contribution in [0.15, 0.2) is 11.1 Å². The second kappa shape index (κ2) is 5.65. The summed E-state index contributed by atoms with van der Waals surface area (Å²) in [5.41, 5.74) is 2.13. The van der Waals surface area contributed by atoms with E-state index in [0.29, 0.717) is 5.92 Å². The van der Waals surface area contributed by atoms with Gasteiger partial charge >= 0.3 is 0 Å². The van der Waals surface area contributed by atoms with E-state index in [4.69, 9.17) is 4.74 Å². The summed E-state index contributed by atoms with van der Waals surface area (Å²) < 4.78 is 5.34. The molecule has 96 valence electrons. The Bertz CT molecular complexity index is 313. The topological polar surface area (TPSA) is 50.4 Å². The van der Waals surface area contributed by atoms with Gasteiger partial charge in [-0.25, -0.2) is 0 Å². The summed E-state index contributed by atoms with van der Waals surface area (Å²) in [5, 5.41) is 6.28. The van der Waals surface area contributed by atoms with Crippen molar-refractivity contribution < 1.29 is 9.53 Å². The van der Waals surface area contributed by atoms with Crippen molar-refractivity contribution in [2.45, 2.75) is 32.7 Å². The summed E-state index contributed by atoms with van der Waals surface area (Å²) in [6.45, 7) is 7.41. The first-order chi connectivity index (χ1) is 8.18. The molecule has 1 amide bonds. The Labute approximate surface area is 103 Å². The number of rotatable bonds is 3. The van der Waals surface area contributed by atoms with Crippen LogP contribution >= 0.6 is 0 Å². The fourth-order valence-electron chi connectivity index (χ4n) is 2.32. The highest BCUT2D eigenvalue weighted by molar-refractivity contribution is 5.94. The zero-order valence-corrected chi connectivity index (χ0v) is 10.7. The Morgan fingerprint density at radius 3 is 2.59 bits per heavy atom. The van der Waals surface area contributed by atoms with E-state index < -0.39 is 0 Å². The van der Waals surface area contributed by atoms with Crippen LogP contribution in [0.25, 0.3) is 0 Å². The van der Waals surface area contributed by atoms with Crippen LogP contribution in [0, 0.1) is 5.92 Å². The highest BCUT2D eigenvalue weighted by atomic mass is 16.5. The van der Waals surface area contributed by atoms with Gasteiger partial charge in [0, 0.05) is 37.9 Å². The Kier molecular flexibility index (Phi) is 4.18. The molecular weight excluding hydrogens is 216 g/mol. The Morgan fingerprint density at radius 1 is 1.41 bits per heavy atom. The van der Waals surface area contributed by atoms with Crippen LogP contribution in [0.3, 0.4) is 0 Å². The Balaban J connectivity index is 1.85. The van der Waals surface area contributed by atoms with Crippen molar-refractivity contribution in [2.75, 3.05) is 26.3 Å². The monoisotopic (exact) mass is 238 g/mol. The van der Waals surface area contributed by atoms with Gasteiger partial charge in [-0.05, 0) is 38.2 Å². The van der Waals surface area contributed by atoms with Crippen LogP contribution in [0.2, 0.25) is 0 Å². The molecule has 0 radical (unpaired) electrons. The second-order valence-electron chi connectivity index (χ2n) is 5.04. The Morgan fingerprint density at radius 2 is 2.06 bits per heavy atom. The lowest BCUT2D eigenvalue weighted by Gasteiger charge is -2.29. The SMILES string of the molecule is CC(C(=O)NC(C)C1CCOCC1)=C1CNC1. The first-order valence-electron chi connectivity index (χ1n) is 6.46. The molecule has 17 heavy (non-hydrogen) atoms. The number of nitrogens with one attached hydrogen (secondary N) is 2. The van der Waals surface area contributed by atoms with Crippen molar-refractivity contribution >= 4 is 5.91 Å². The van der Waals surface area contributed by atoms with Gasteiger partial charge in [0.15, 0.2) is 0 Å².